The van der Waals surface area contributed by atoms with E-state index in [9.17, 15) is 9.50 Å². The summed E-state index contributed by atoms with van der Waals surface area (Å²) in [4.78, 5) is 2.25. The highest BCUT2D eigenvalue weighted by atomic mass is 19.1. The topological polar surface area (TPSA) is 23.5 Å². The molecule has 1 fully saturated rings. The number of aryl methyl sites for hydroxylation is 1. The van der Waals surface area contributed by atoms with Gasteiger partial charge in [-0.1, -0.05) is 19.8 Å². The zero-order valence-electron chi connectivity index (χ0n) is 13.0. The molecule has 0 saturated heterocycles. The lowest BCUT2D eigenvalue weighted by atomic mass is 9.84. The second kappa shape index (κ2) is 6.13. The van der Waals surface area contributed by atoms with Crippen molar-refractivity contribution in [2.45, 2.75) is 58.6 Å². The van der Waals surface area contributed by atoms with Gasteiger partial charge in [-0.25, -0.2) is 4.39 Å². The van der Waals surface area contributed by atoms with Crippen molar-refractivity contribution >= 4 is 5.69 Å². The van der Waals surface area contributed by atoms with Gasteiger partial charge >= 0.3 is 0 Å². The fraction of sp³-hybridized carbons (Fsp3) is 0.647. The maximum Gasteiger partial charge on any atom is 0.126 e. The van der Waals surface area contributed by atoms with E-state index in [-0.39, 0.29) is 5.82 Å². The van der Waals surface area contributed by atoms with Gasteiger partial charge in [0.2, 0.25) is 0 Å². The average Bonchev–Trinajstić information content (AvgIpc) is 2.41. The van der Waals surface area contributed by atoms with Crippen LogP contribution in [0.3, 0.4) is 0 Å². The van der Waals surface area contributed by atoms with Gasteiger partial charge in [0.05, 0.1) is 6.10 Å². The van der Waals surface area contributed by atoms with Crippen molar-refractivity contribution in [3.05, 3.63) is 29.1 Å². The zero-order chi connectivity index (χ0) is 14.9. The van der Waals surface area contributed by atoms with E-state index in [1.54, 1.807) is 13.8 Å². The first kappa shape index (κ1) is 15.3. The Hall–Kier alpha value is -1.09. The average molecular weight is 279 g/mol. The molecular weight excluding hydrogens is 253 g/mol. The number of benzene rings is 1. The smallest absolute Gasteiger partial charge is 0.126 e. The molecule has 1 saturated carbocycles. The van der Waals surface area contributed by atoms with Crippen molar-refractivity contribution in [2.75, 3.05) is 11.9 Å². The van der Waals surface area contributed by atoms with E-state index < -0.39 is 6.10 Å². The summed E-state index contributed by atoms with van der Waals surface area (Å²) in [6.45, 7) is 5.77. The summed E-state index contributed by atoms with van der Waals surface area (Å²) in [5.74, 6) is 0.399. The second-order valence-electron chi connectivity index (χ2n) is 6.28. The molecule has 0 radical (unpaired) electrons. The van der Waals surface area contributed by atoms with E-state index >= 15 is 0 Å². The molecule has 3 heteroatoms. The van der Waals surface area contributed by atoms with Gasteiger partial charge in [-0.3, -0.25) is 0 Å². The summed E-state index contributed by atoms with van der Waals surface area (Å²) in [5, 5.41) is 9.94. The van der Waals surface area contributed by atoms with E-state index in [2.05, 4.69) is 18.9 Å². The molecule has 0 spiro atoms. The molecule has 112 valence electrons. The molecule has 1 aromatic carbocycles. The summed E-state index contributed by atoms with van der Waals surface area (Å²) in [7, 11) is 2.07. The van der Waals surface area contributed by atoms with Gasteiger partial charge in [0.25, 0.3) is 0 Å². The molecule has 0 aliphatic heterocycles. The molecule has 1 aromatic rings. The van der Waals surface area contributed by atoms with Gasteiger partial charge in [-0.15, -0.1) is 0 Å². The van der Waals surface area contributed by atoms with Crippen molar-refractivity contribution < 1.29 is 9.50 Å². The van der Waals surface area contributed by atoms with Crippen molar-refractivity contribution in [3.63, 3.8) is 0 Å². The first-order chi connectivity index (χ1) is 9.41. The molecule has 0 heterocycles. The summed E-state index contributed by atoms with van der Waals surface area (Å²) >= 11 is 0. The van der Waals surface area contributed by atoms with E-state index in [0.29, 0.717) is 23.1 Å². The fourth-order valence-corrected chi connectivity index (χ4v) is 3.37. The lowest BCUT2D eigenvalue weighted by molar-refractivity contribution is 0.198. The Morgan fingerprint density at radius 2 is 1.95 bits per heavy atom. The van der Waals surface area contributed by atoms with Crippen LogP contribution in [0, 0.1) is 18.7 Å². The van der Waals surface area contributed by atoms with Crippen molar-refractivity contribution in [3.8, 4) is 0 Å². The number of hydrogen-bond donors (Lipinski definition) is 1. The molecule has 3 unspecified atom stereocenters. The number of hydrogen-bond acceptors (Lipinski definition) is 2. The van der Waals surface area contributed by atoms with Crippen LogP contribution in [-0.2, 0) is 0 Å². The van der Waals surface area contributed by atoms with Crippen LogP contribution in [0.5, 0.6) is 0 Å². The van der Waals surface area contributed by atoms with Crippen LogP contribution >= 0.6 is 0 Å². The molecule has 2 rings (SSSR count). The Kier molecular flexibility index (Phi) is 4.69. The third kappa shape index (κ3) is 2.98. The highest BCUT2D eigenvalue weighted by Crippen LogP contribution is 2.35. The molecule has 2 nitrogen and oxygen atoms in total. The van der Waals surface area contributed by atoms with E-state index in [0.717, 1.165) is 5.69 Å². The summed E-state index contributed by atoms with van der Waals surface area (Å²) in [6.07, 6.45) is 4.33. The van der Waals surface area contributed by atoms with Crippen LogP contribution < -0.4 is 4.90 Å². The van der Waals surface area contributed by atoms with Crippen LogP contribution in [0.25, 0.3) is 0 Å². The minimum absolute atomic E-state index is 0.241. The standard InChI is InChI=1S/C17H26FNO/c1-11-7-5-6-8-16(11)19(4)17-9-12(2)15(18)10-14(17)13(3)20/h9-11,13,16,20H,5-8H2,1-4H3. The SMILES string of the molecule is Cc1cc(N(C)C2CCCCC2C)c(C(C)O)cc1F. The van der Waals surface area contributed by atoms with Gasteiger partial charge in [-0.05, 0) is 50.3 Å². The Labute approximate surface area is 121 Å². The molecular formula is C17H26FNO. The van der Waals surface area contributed by atoms with E-state index in [1.807, 2.05) is 6.07 Å². The largest absolute Gasteiger partial charge is 0.389 e. The normalized spacial score (nSPS) is 24.5. The van der Waals surface area contributed by atoms with E-state index in [1.165, 1.54) is 31.7 Å². The number of rotatable bonds is 3. The Bertz CT molecular complexity index is 472. The van der Waals surface area contributed by atoms with Crippen LogP contribution in [0.4, 0.5) is 10.1 Å². The number of aliphatic hydroxyl groups is 1. The predicted octanol–water partition coefficient (Wildman–Crippen LogP) is 4.20. The molecule has 1 aliphatic rings. The summed E-state index contributed by atoms with van der Waals surface area (Å²) in [5.41, 5.74) is 2.30. The molecule has 20 heavy (non-hydrogen) atoms. The molecule has 3 atom stereocenters. The third-order valence-electron chi connectivity index (χ3n) is 4.70. The van der Waals surface area contributed by atoms with Crippen LogP contribution in [0.1, 0.15) is 56.8 Å². The highest BCUT2D eigenvalue weighted by Gasteiger charge is 2.27. The van der Waals surface area contributed by atoms with Crippen molar-refractivity contribution in [2.24, 2.45) is 5.92 Å². The Morgan fingerprint density at radius 3 is 2.55 bits per heavy atom. The third-order valence-corrected chi connectivity index (χ3v) is 4.70. The number of anilines is 1. The maximum atomic E-state index is 13.8. The van der Waals surface area contributed by atoms with Gasteiger partial charge in [0, 0.05) is 24.3 Å². The molecule has 0 amide bonds. The first-order valence-electron chi connectivity index (χ1n) is 7.62. The van der Waals surface area contributed by atoms with Crippen molar-refractivity contribution in [1.29, 1.82) is 0 Å². The lowest BCUT2D eigenvalue weighted by Gasteiger charge is -2.39. The number of halogens is 1. The molecule has 0 bridgehead atoms. The minimum Gasteiger partial charge on any atom is -0.389 e. The first-order valence-corrected chi connectivity index (χ1v) is 7.62. The lowest BCUT2D eigenvalue weighted by Crippen LogP contribution is -2.39. The maximum absolute atomic E-state index is 13.8. The molecule has 1 N–H and O–H groups in total. The van der Waals surface area contributed by atoms with Gasteiger partial charge < -0.3 is 10.0 Å². The highest BCUT2D eigenvalue weighted by molar-refractivity contribution is 5.57. The van der Waals surface area contributed by atoms with Crippen LogP contribution in [0.2, 0.25) is 0 Å². The van der Waals surface area contributed by atoms with Crippen LogP contribution in [0.15, 0.2) is 12.1 Å². The number of nitrogens with zero attached hydrogens (tertiary/aromatic N) is 1. The Balaban J connectivity index is 2.37. The van der Waals surface area contributed by atoms with Gasteiger partial charge in [-0.2, -0.15) is 0 Å². The quantitative estimate of drug-likeness (QED) is 0.896. The predicted molar refractivity (Wildman–Crippen MR) is 81.6 cm³/mol. The fourth-order valence-electron chi connectivity index (χ4n) is 3.37. The van der Waals surface area contributed by atoms with E-state index in [4.69, 9.17) is 0 Å². The van der Waals surface area contributed by atoms with Crippen molar-refractivity contribution in [1.82, 2.24) is 0 Å². The molecule has 1 aliphatic carbocycles. The minimum atomic E-state index is -0.651. The van der Waals surface area contributed by atoms with Gasteiger partial charge in [0.15, 0.2) is 0 Å². The zero-order valence-corrected chi connectivity index (χ0v) is 13.0. The monoisotopic (exact) mass is 279 g/mol. The van der Waals surface area contributed by atoms with Gasteiger partial charge in [0.1, 0.15) is 5.82 Å². The second-order valence-corrected chi connectivity index (χ2v) is 6.28. The number of aliphatic hydroxyl groups excluding tert-OH is 1. The summed E-state index contributed by atoms with van der Waals surface area (Å²) < 4.78 is 13.8. The summed E-state index contributed by atoms with van der Waals surface area (Å²) in [6, 6.07) is 3.84. The Morgan fingerprint density at radius 1 is 1.30 bits per heavy atom. The molecule has 0 aromatic heterocycles. The van der Waals surface area contributed by atoms with Crippen LogP contribution in [-0.4, -0.2) is 18.2 Å².